The number of pyridine rings is 1. The fraction of sp³-hybridized carbons (Fsp3) is 0.381. The van der Waals surface area contributed by atoms with Crippen molar-refractivity contribution in [2.75, 3.05) is 20.2 Å². The third kappa shape index (κ3) is 4.85. The van der Waals surface area contributed by atoms with E-state index in [-0.39, 0.29) is 12.3 Å². The van der Waals surface area contributed by atoms with Crippen LogP contribution < -0.4 is 4.74 Å². The zero-order valence-corrected chi connectivity index (χ0v) is 16.9. The number of hydrogen-bond donors (Lipinski definition) is 2. The van der Waals surface area contributed by atoms with Crippen LogP contribution in [-0.2, 0) is 6.42 Å². The topological polar surface area (TPSA) is 70.2 Å². The van der Waals surface area contributed by atoms with E-state index in [0.717, 1.165) is 32.7 Å². The Balaban J connectivity index is 1.95. The zero-order chi connectivity index (χ0) is 22.1. The fourth-order valence-corrected chi connectivity index (χ4v) is 3.46. The number of aromatic hydroxyl groups is 1. The molecule has 2 N–H and O–H groups in total. The molecule has 2 heterocycles. The maximum Gasteiger partial charge on any atom is 0.401 e. The lowest BCUT2D eigenvalue weighted by molar-refractivity contribution is -0.164. The van der Waals surface area contributed by atoms with Gasteiger partial charge in [0.05, 0.1) is 31.6 Å². The molecule has 1 unspecified atom stereocenters. The average Bonchev–Trinajstić information content (AvgIpc) is 3.08. The van der Waals surface area contributed by atoms with E-state index < -0.39 is 18.9 Å². The number of hydrogen-bond acceptors (Lipinski definition) is 5. The highest BCUT2D eigenvalue weighted by molar-refractivity contribution is 5.81. The van der Waals surface area contributed by atoms with Crippen LogP contribution in [0.2, 0.25) is 0 Å². The summed E-state index contributed by atoms with van der Waals surface area (Å²) >= 11 is 0. The summed E-state index contributed by atoms with van der Waals surface area (Å²) in [7, 11) is 1.54. The molecule has 0 bridgehead atoms. The molecule has 30 heavy (non-hydrogen) atoms. The monoisotopic (exact) mass is 423 g/mol. The predicted molar refractivity (Wildman–Crippen MR) is 107 cm³/mol. The first kappa shape index (κ1) is 21.9. The van der Waals surface area contributed by atoms with E-state index >= 15 is 0 Å². The van der Waals surface area contributed by atoms with Crippen LogP contribution in [-0.4, -0.2) is 57.3 Å². The fourth-order valence-electron chi connectivity index (χ4n) is 3.46. The Labute approximate surface area is 172 Å². The molecule has 0 aliphatic rings. The normalized spacial score (nSPS) is 13.2. The lowest BCUT2D eigenvalue weighted by Crippen LogP contribution is -2.41. The third-order valence-corrected chi connectivity index (χ3v) is 5.08. The Hall–Kier alpha value is -2.78. The van der Waals surface area contributed by atoms with Gasteiger partial charge >= 0.3 is 6.18 Å². The molecule has 0 spiro atoms. The molecule has 0 saturated carbocycles. The van der Waals surface area contributed by atoms with E-state index in [1.807, 2.05) is 19.1 Å². The van der Waals surface area contributed by atoms with Crippen LogP contribution in [0.1, 0.15) is 18.1 Å². The van der Waals surface area contributed by atoms with E-state index in [2.05, 4.69) is 5.10 Å². The van der Waals surface area contributed by atoms with Gasteiger partial charge < -0.3 is 14.9 Å². The predicted octanol–water partition coefficient (Wildman–Crippen LogP) is 3.77. The van der Waals surface area contributed by atoms with Crippen molar-refractivity contribution < 1.29 is 28.1 Å². The molecule has 0 saturated heterocycles. The second-order valence-electron chi connectivity index (χ2n) is 7.21. The lowest BCUT2D eigenvalue weighted by atomic mass is 9.97. The second-order valence-corrected chi connectivity index (χ2v) is 7.21. The Morgan fingerprint density at radius 3 is 2.63 bits per heavy atom. The number of benzene rings is 1. The van der Waals surface area contributed by atoms with Crippen molar-refractivity contribution in [2.45, 2.75) is 32.7 Å². The highest BCUT2D eigenvalue weighted by Crippen LogP contribution is 2.33. The smallest absolute Gasteiger partial charge is 0.401 e. The van der Waals surface area contributed by atoms with Gasteiger partial charge in [0.1, 0.15) is 17.7 Å². The van der Waals surface area contributed by atoms with Gasteiger partial charge in [-0.05, 0) is 55.2 Å². The number of ether oxygens (including phenoxy) is 1. The van der Waals surface area contributed by atoms with Crippen LogP contribution in [0.4, 0.5) is 13.2 Å². The molecule has 6 nitrogen and oxygen atoms in total. The highest BCUT2D eigenvalue weighted by atomic mass is 19.4. The maximum absolute atomic E-state index is 12.8. The van der Waals surface area contributed by atoms with Crippen LogP contribution in [0.15, 0.2) is 36.7 Å². The van der Waals surface area contributed by atoms with Crippen molar-refractivity contribution >= 4 is 5.52 Å². The third-order valence-electron chi connectivity index (χ3n) is 5.08. The van der Waals surface area contributed by atoms with Crippen molar-refractivity contribution in [3.05, 3.63) is 47.8 Å². The van der Waals surface area contributed by atoms with Crippen molar-refractivity contribution in [2.24, 2.45) is 0 Å². The minimum Gasteiger partial charge on any atom is -0.506 e. The van der Waals surface area contributed by atoms with Gasteiger partial charge in [-0.15, -0.1) is 0 Å². The number of rotatable bonds is 7. The maximum atomic E-state index is 12.8. The van der Waals surface area contributed by atoms with Crippen LogP contribution in [0, 0.1) is 6.92 Å². The van der Waals surface area contributed by atoms with Gasteiger partial charge in [0.2, 0.25) is 0 Å². The zero-order valence-electron chi connectivity index (χ0n) is 16.9. The number of aliphatic hydroxyl groups is 1. The first-order chi connectivity index (χ1) is 14.1. The largest absolute Gasteiger partial charge is 0.506 e. The van der Waals surface area contributed by atoms with E-state index in [0.29, 0.717) is 12.2 Å². The summed E-state index contributed by atoms with van der Waals surface area (Å²) in [4.78, 5) is 0.983. The molecular weight excluding hydrogens is 399 g/mol. The number of aromatic nitrogens is 2. The summed E-state index contributed by atoms with van der Waals surface area (Å²) in [5.41, 5.74) is 4.01. The molecule has 0 radical (unpaired) electrons. The van der Waals surface area contributed by atoms with Gasteiger partial charge in [-0.2, -0.15) is 18.3 Å². The second kappa shape index (κ2) is 8.53. The summed E-state index contributed by atoms with van der Waals surface area (Å²) in [6.07, 6.45) is -2.16. The number of halogens is 3. The SMILES string of the molecule is COc1cc(-c2cnn3cc(O)ccc23)cc(CCN(CC(F)(F)F)C(C)O)c1C. The molecule has 9 heteroatoms. The standard InChI is InChI=1S/C21H24F3N3O3/c1-13-15(6-7-26(14(2)28)12-21(22,23)24)8-16(9-20(13)30-3)18-10-25-27-11-17(29)4-5-19(18)27/h4-5,8-11,14,28-29H,6-7,12H2,1-3H3. The van der Waals surface area contributed by atoms with E-state index in [1.165, 1.54) is 20.2 Å². The Morgan fingerprint density at radius 1 is 1.27 bits per heavy atom. The first-order valence-electron chi connectivity index (χ1n) is 9.42. The number of fused-ring (bicyclic) bond motifs is 1. The first-order valence-corrected chi connectivity index (χ1v) is 9.42. The molecule has 0 fully saturated rings. The molecule has 3 rings (SSSR count). The number of alkyl halides is 3. The van der Waals surface area contributed by atoms with E-state index in [1.54, 1.807) is 22.8 Å². The van der Waals surface area contributed by atoms with Gasteiger partial charge in [0.15, 0.2) is 0 Å². The summed E-state index contributed by atoms with van der Waals surface area (Å²) in [5.74, 6) is 0.697. The van der Waals surface area contributed by atoms with Crippen LogP contribution in [0.3, 0.4) is 0 Å². The molecule has 0 aliphatic carbocycles. The Bertz CT molecular complexity index is 1030. The molecule has 0 amide bonds. The van der Waals surface area contributed by atoms with Crippen LogP contribution >= 0.6 is 0 Å². The Kier molecular flexibility index (Phi) is 6.23. The molecule has 2 aromatic heterocycles. The molecule has 3 aromatic rings. The molecule has 162 valence electrons. The van der Waals surface area contributed by atoms with Crippen LogP contribution in [0.25, 0.3) is 16.6 Å². The van der Waals surface area contributed by atoms with Crippen molar-refractivity contribution in [1.29, 1.82) is 0 Å². The highest BCUT2D eigenvalue weighted by Gasteiger charge is 2.32. The quantitative estimate of drug-likeness (QED) is 0.566. The van der Waals surface area contributed by atoms with Crippen molar-refractivity contribution in [3.8, 4) is 22.6 Å². The van der Waals surface area contributed by atoms with Gasteiger partial charge in [-0.1, -0.05) is 6.07 Å². The molecule has 1 aromatic carbocycles. The van der Waals surface area contributed by atoms with Crippen molar-refractivity contribution in [1.82, 2.24) is 14.5 Å². The number of nitrogens with zero attached hydrogens (tertiary/aromatic N) is 3. The van der Waals surface area contributed by atoms with Gasteiger partial charge in [-0.3, -0.25) is 4.90 Å². The number of methoxy groups -OCH3 is 1. The van der Waals surface area contributed by atoms with Gasteiger partial charge in [-0.25, -0.2) is 4.52 Å². The Morgan fingerprint density at radius 2 is 2.00 bits per heavy atom. The minimum absolute atomic E-state index is 0.0350. The molecular formula is C21H24F3N3O3. The summed E-state index contributed by atoms with van der Waals surface area (Å²) in [5, 5.41) is 23.6. The minimum atomic E-state index is -4.39. The number of aliphatic hydroxyl groups excluding tert-OH is 1. The summed E-state index contributed by atoms with van der Waals surface area (Å²) in [6, 6.07) is 7.05. The van der Waals surface area contributed by atoms with Crippen molar-refractivity contribution in [3.63, 3.8) is 0 Å². The van der Waals surface area contributed by atoms with Gasteiger partial charge in [0.25, 0.3) is 0 Å². The average molecular weight is 423 g/mol. The van der Waals surface area contributed by atoms with Gasteiger partial charge in [0, 0.05) is 12.1 Å². The van der Waals surface area contributed by atoms with E-state index in [4.69, 9.17) is 4.74 Å². The van der Waals surface area contributed by atoms with E-state index in [9.17, 15) is 23.4 Å². The van der Waals surface area contributed by atoms with Crippen LogP contribution in [0.5, 0.6) is 11.5 Å². The summed E-state index contributed by atoms with van der Waals surface area (Å²) in [6.45, 7) is 2.03. The molecule has 1 atom stereocenters. The molecule has 0 aliphatic heterocycles. The lowest BCUT2D eigenvalue weighted by Gasteiger charge is -2.26. The summed E-state index contributed by atoms with van der Waals surface area (Å²) < 4.78 is 45.5.